The molecular weight excluding hydrogens is 230 g/mol. The summed E-state index contributed by atoms with van der Waals surface area (Å²) in [5, 5.41) is 3.77. The Morgan fingerprint density at radius 1 is 1.06 bits per heavy atom. The molecule has 2 nitrogen and oxygen atoms in total. The number of allylic oxidation sites excluding steroid dienone is 1. The molecule has 0 aromatic carbocycles. The number of carbonyl (C=O) groups excluding carboxylic acids is 1. The van der Waals surface area contributed by atoms with Gasteiger partial charge in [0.05, 0.1) is 6.04 Å². The Morgan fingerprint density at radius 2 is 1.59 bits per heavy atom. The molecule has 1 N–H and O–H groups in total. The minimum Gasteiger partial charge on any atom is -0.342 e. The highest BCUT2D eigenvalue weighted by Crippen LogP contribution is 2.76. The zero-order valence-electron chi connectivity index (χ0n) is 11.5. The third-order valence-electron chi connectivity index (χ3n) is 6.72. The van der Waals surface area contributed by atoms with Crippen LogP contribution in [-0.2, 0) is 0 Å². The molecule has 1 heterocycles. The average Bonchev–Trinajstić information content (AvgIpc) is 2.72. The van der Waals surface area contributed by atoms with Crippen molar-refractivity contribution in [2.24, 2.45) is 16.2 Å². The SMILES string of the molecule is CC1=C(C)[C@]2(C)[C@@H]3NC(=O)S[C@@H]3[C@@]1(C)C2(C)C. The minimum atomic E-state index is 0.107. The van der Waals surface area contributed by atoms with Crippen molar-refractivity contribution in [1.29, 1.82) is 0 Å². The summed E-state index contributed by atoms with van der Waals surface area (Å²) in [7, 11) is 0. The summed E-state index contributed by atoms with van der Waals surface area (Å²) in [6.45, 7) is 14.0. The van der Waals surface area contributed by atoms with E-state index in [1.54, 1.807) is 0 Å². The van der Waals surface area contributed by atoms with Gasteiger partial charge in [0.1, 0.15) is 0 Å². The van der Waals surface area contributed by atoms with Gasteiger partial charge in [0.15, 0.2) is 0 Å². The van der Waals surface area contributed by atoms with Crippen LogP contribution < -0.4 is 5.32 Å². The number of nitrogens with one attached hydrogen (secondary N) is 1. The molecule has 2 aliphatic carbocycles. The molecule has 3 aliphatic rings. The topological polar surface area (TPSA) is 29.1 Å². The molecule has 94 valence electrons. The van der Waals surface area contributed by atoms with E-state index < -0.39 is 0 Å². The standard InChI is InChI=1S/C14H21NOS/c1-7-8(2)14(6)10-9(15-11(16)17-10)13(7,5)12(14,3)4/h9-10H,1-6H3,(H,15,16)/t9-,10+,13-,14+/m1/s1. The lowest BCUT2D eigenvalue weighted by Crippen LogP contribution is -2.46. The summed E-state index contributed by atoms with van der Waals surface area (Å²) in [6, 6.07) is 0.309. The van der Waals surface area contributed by atoms with Gasteiger partial charge in [-0.2, -0.15) is 0 Å². The quantitative estimate of drug-likeness (QED) is 0.667. The smallest absolute Gasteiger partial charge is 0.279 e. The van der Waals surface area contributed by atoms with Crippen LogP contribution in [0.3, 0.4) is 0 Å². The van der Waals surface area contributed by atoms with Crippen LogP contribution in [0, 0.1) is 16.2 Å². The third-order valence-corrected chi connectivity index (χ3v) is 8.05. The largest absolute Gasteiger partial charge is 0.342 e. The first kappa shape index (κ1) is 11.6. The van der Waals surface area contributed by atoms with E-state index in [0.29, 0.717) is 11.3 Å². The Balaban J connectivity index is 2.28. The fourth-order valence-electron chi connectivity index (χ4n) is 4.77. The van der Waals surface area contributed by atoms with Crippen molar-refractivity contribution in [3.63, 3.8) is 0 Å². The molecule has 0 spiro atoms. The molecule has 1 saturated carbocycles. The van der Waals surface area contributed by atoms with Crippen LogP contribution in [-0.4, -0.2) is 16.5 Å². The summed E-state index contributed by atoms with van der Waals surface area (Å²) < 4.78 is 0. The van der Waals surface area contributed by atoms with Gasteiger partial charge in [0, 0.05) is 16.1 Å². The number of carbonyl (C=O) groups is 1. The molecule has 0 aromatic rings. The molecular formula is C14H21NOS. The van der Waals surface area contributed by atoms with E-state index in [2.05, 4.69) is 46.9 Å². The average molecular weight is 251 g/mol. The summed E-state index contributed by atoms with van der Waals surface area (Å²) in [5.41, 5.74) is 3.46. The van der Waals surface area contributed by atoms with Gasteiger partial charge in [-0.15, -0.1) is 0 Å². The fourth-order valence-corrected chi connectivity index (χ4v) is 6.37. The molecule has 0 aromatic heterocycles. The Kier molecular flexibility index (Phi) is 1.89. The highest BCUT2D eigenvalue weighted by Gasteiger charge is 2.75. The lowest BCUT2D eigenvalue weighted by molar-refractivity contribution is 0.101. The monoisotopic (exact) mass is 251 g/mol. The molecule has 2 bridgehead atoms. The summed E-state index contributed by atoms with van der Waals surface area (Å²) in [5.74, 6) is 0. The third kappa shape index (κ3) is 0.864. The van der Waals surface area contributed by atoms with Gasteiger partial charge in [-0.05, 0) is 19.3 Å². The second-order valence-corrected chi connectivity index (χ2v) is 7.84. The number of amides is 1. The number of hydrogen-bond acceptors (Lipinski definition) is 2. The second-order valence-electron chi connectivity index (χ2n) is 6.73. The molecule has 4 atom stereocenters. The zero-order chi connectivity index (χ0) is 12.8. The van der Waals surface area contributed by atoms with Gasteiger partial charge in [0.25, 0.3) is 5.24 Å². The second kappa shape index (κ2) is 2.76. The van der Waals surface area contributed by atoms with E-state index in [0.717, 1.165) is 0 Å². The maximum absolute atomic E-state index is 11.7. The molecule has 0 radical (unpaired) electrons. The van der Waals surface area contributed by atoms with Crippen molar-refractivity contribution >= 4 is 17.0 Å². The van der Waals surface area contributed by atoms with Crippen molar-refractivity contribution < 1.29 is 4.79 Å². The first-order valence-corrected chi connectivity index (χ1v) is 7.22. The Bertz CT molecular complexity index is 429. The van der Waals surface area contributed by atoms with E-state index in [-0.39, 0.29) is 21.5 Å². The van der Waals surface area contributed by atoms with Gasteiger partial charge >= 0.3 is 0 Å². The molecule has 3 heteroatoms. The van der Waals surface area contributed by atoms with Crippen molar-refractivity contribution in [2.75, 3.05) is 0 Å². The first-order chi connectivity index (χ1) is 7.69. The molecule has 1 aliphatic heterocycles. The van der Waals surface area contributed by atoms with Gasteiger partial charge in [0.2, 0.25) is 0 Å². The number of thioether (sulfide) groups is 1. The van der Waals surface area contributed by atoms with Crippen molar-refractivity contribution in [1.82, 2.24) is 5.32 Å². The predicted octanol–water partition coefficient (Wildman–Crippen LogP) is 3.58. The number of fused-ring (bicyclic) bond motifs is 5. The van der Waals surface area contributed by atoms with Crippen molar-refractivity contribution in [3.05, 3.63) is 11.1 Å². The van der Waals surface area contributed by atoms with E-state index >= 15 is 0 Å². The molecule has 0 unspecified atom stereocenters. The van der Waals surface area contributed by atoms with Gasteiger partial charge in [-0.3, -0.25) is 4.79 Å². The van der Waals surface area contributed by atoms with E-state index in [4.69, 9.17) is 0 Å². The highest BCUT2D eigenvalue weighted by molar-refractivity contribution is 8.14. The van der Waals surface area contributed by atoms with Crippen LogP contribution in [0.4, 0.5) is 4.79 Å². The predicted molar refractivity (Wildman–Crippen MR) is 72.1 cm³/mol. The van der Waals surface area contributed by atoms with Crippen LogP contribution >= 0.6 is 11.8 Å². The van der Waals surface area contributed by atoms with Crippen molar-refractivity contribution in [3.8, 4) is 0 Å². The van der Waals surface area contributed by atoms with Crippen LogP contribution in [0.15, 0.2) is 11.1 Å². The highest BCUT2D eigenvalue weighted by atomic mass is 32.2. The Labute approximate surface area is 108 Å². The van der Waals surface area contributed by atoms with Gasteiger partial charge in [-0.1, -0.05) is 50.6 Å². The lowest BCUT2D eigenvalue weighted by atomic mass is 9.62. The van der Waals surface area contributed by atoms with Crippen LogP contribution in [0.1, 0.15) is 41.5 Å². The summed E-state index contributed by atoms with van der Waals surface area (Å²) >= 11 is 1.52. The lowest BCUT2D eigenvalue weighted by Gasteiger charge is -2.42. The molecule has 1 amide bonds. The van der Waals surface area contributed by atoms with E-state index in [1.165, 1.54) is 22.9 Å². The Morgan fingerprint density at radius 3 is 2.18 bits per heavy atom. The molecule has 3 rings (SSSR count). The van der Waals surface area contributed by atoms with Crippen LogP contribution in [0.25, 0.3) is 0 Å². The molecule has 1 saturated heterocycles. The zero-order valence-corrected chi connectivity index (χ0v) is 12.3. The van der Waals surface area contributed by atoms with Gasteiger partial charge < -0.3 is 5.32 Å². The van der Waals surface area contributed by atoms with Crippen LogP contribution in [0.5, 0.6) is 0 Å². The van der Waals surface area contributed by atoms with E-state index in [9.17, 15) is 4.79 Å². The van der Waals surface area contributed by atoms with Gasteiger partial charge in [-0.25, -0.2) is 0 Å². The first-order valence-electron chi connectivity index (χ1n) is 6.34. The fraction of sp³-hybridized carbons (Fsp3) is 0.786. The number of hydrogen-bond donors (Lipinski definition) is 1. The summed E-state index contributed by atoms with van der Waals surface area (Å²) in [4.78, 5) is 11.7. The minimum absolute atomic E-state index is 0.107. The number of rotatable bonds is 0. The maximum Gasteiger partial charge on any atom is 0.279 e. The Hall–Kier alpha value is -0.440. The normalized spacial score (nSPS) is 50.8. The van der Waals surface area contributed by atoms with Crippen LogP contribution in [0.2, 0.25) is 0 Å². The summed E-state index contributed by atoms with van der Waals surface area (Å²) in [6.07, 6.45) is 0. The van der Waals surface area contributed by atoms with E-state index in [1.807, 2.05) is 0 Å². The molecule has 17 heavy (non-hydrogen) atoms. The van der Waals surface area contributed by atoms with Crippen molar-refractivity contribution in [2.45, 2.75) is 52.8 Å². The maximum atomic E-state index is 11.7. The molecule has 2 fully saturated rings.